The number of hydrogen-bond acceptors (Lipinski definition) is 1. The Morgan fingerprint density at radius 3 is 1.67 bits per heavy atom. The molecule has 0 spiro atoms. The van der Waals surface area contributed by atoms with E-state index in [-0.39, 0.29) is 4.75 Å². The van der Waals surface area contributed by atoms with Crippen molar-refractivity contribution in [3.05, 3.63) is 0 Å². The van der Waals surface area contributed by atoms with E-state index in [9.17, 15) is 0 Å². The summed E-state index contributed by atoms with van der Waals surface area (Å²) in [7, 11) is 0. The molecule has 0 nitrogen and oxygen atoms in total. The third kappa shape index (κ3) is 4.35. The Balaban J connectivity index is 3.17. The van der Waals surface area contributed by atoms with Crippen molar-refractivity contribution in [2.24, 2.45) is 0 Å². The van der Waals surface area contributed by atoms with Crippen LogP contribution in [0.3, 0.4) is 0 Å². The molecule has 38 valence electrons. The van der Waals surface area contributed by atoms with Crippen molar-refractivity contribution in [3.63, 3.8) is 0 Å². The van der Waals surface area contributed by atoms with E-state index in [1.807, 2.05) is 0 Å². The molecule has 0 unspecified atom stereocenters. The summed E-state index contributed by atoms with van der Waals surface area (Å²) < 4.78 is 0.125. The quantitative estimate of drug-likeness (QED) is 0.455. The molecular weight excluding hydrogens is 92.1 g/mol. The number of hydrogen-bond donors (Lipinski definition) is 0. The zero-order valence-electron chi connectivity index (χ0n) is 4.62. The first-order valence-electron chi connectivity index (χ1n) is 2.26. The Morgan fingerprint density at radius 2 is 1.67 bits per heavy atom. The molecule has 0 heterocycles. The van der Waals surface area contributed by atoms with Crippen molar-refractivity contribution in [3.8, 4) is 0 Å². The Kier molecular flexibility index (Phi) is 1.98. The molecule has 0 aromatic heterocycles. The Hall–Kier alpha value is 0.350. The van der Waals surface area contributed by atoms with Gasteiger partial charge in [-0.05, 0) is 0 Å². The molecule has 0 rings (SSSR count). The Bertz CT molecular complexity index is 33.7. The fraction of sp³-hybridized carbons (Fsp3) is 1.00. The summed E-state index contributed by atoms with van der Waals surface area (Å²) in [6.45, 7) is 6.22. The topological polar surface area (TPSA) is 0 Å². The molecule has 0 aliphatic rings. The lowest BCUT2D eigenvalue weighted by molar-refractivity contribution is 0.689. The van der Waals surface area contributed by atoms with Gasteiger partial charge in [-0.3, -0.25) is 0 Å². The Morgan fingerprint density at radius 1 is 1.50 bits per heavy atom. The average molecular weight is 103 g/mol. The van der Waals surface area contributed by atoms with Gasteiger partial charge in [-0.1, -0.05) is 27.2 Å². The minimum absolute atomic E-state index is 0.125. The summed E-state index contributed by atoms with van der Waals surface area (Å²) in [6.07, 6.45) is 1.09. The molecule has 0 aliphatic heterocycles. The van der Waals surface area contributed by atoms with Crippen molar-refractivity contribution in [2.75, 3.05) is 0 Å². The normalized spacial score (nSPS) is 12.0. The molecule has 0 aliphatic carbocycles. The molecule has 0 saturated heterocycles. The zero-order chi connectivity index (χ0) is 5.21. The number of rotatable bonds is 1. The third-order valence-electron chi connectivity index (χ3n) is 0.851. The van der Waals surface area contributed by atoms with E-state index in [1.54, 1.807) is 0 Å². The predicted molar refractivity (Wildman–Crippen MR) is 31.7 cm³/mol. The van der Waals surface area contributed by atoms with Crippen LogP contribution in [0.1, 0.15) is 27.2 Å². The van der Waals surface area contributed by atoms with Gasteiger partial charge in [-0.15, -0.1) is 0 Å². The molecule has 0 aromatic rings. The van der Waals surface area contributed by atoms with Crippen LogP contribution in [-0.2, 0) is 12.6 Å². The van der Waals surface area contributed by atoms with Crippen molar-refractivity contribution >= 4 is 12.6 Å². The molecule has 6 heavy (non-hydrogen) atoms. The van der Waals surface area contributed by atoms with E-state index in [4.69, 9.17) is 12.6 Å². The highest BCUT2D eigenvalue weighted by Gasteiger charge is 1.90. The van der Waals surface area contributed by atoms with Crippen molar-refractivity contribution < 1.29 is 0 Å². The first-order chi connectivity index (χ1) is 2.56. The molecule has 0 fully saturated rings. The van der Waals surface area contributed by atoms with Crippen molar-refractivity contribution in [1.82, 2.24) is 0 Å². The molecular formula is C5H11S-. The van der Waals surface area contributed by atoms with Crippen LogP contribution >= 0.6 is 0 Å². The van der Waals surface area contributed by atoms with Gasteiger partial charge < -0.3 is 12.6 Å². The van der Waals surface area contributed by atoms with Gasteiger partial charge in [0.15, 0.2) is 0 Å². The van der Waals surface area contributed by atoms with E-state index in [0.717, 1.165) is 6.42 Å². The largest absolute Gasteiger partial charge is 0.786 e. The third-order valence-corrected chi connectivity index (χ3v) is 1.14. The minimum Gasteiger partial charge on any atom is -0.786 e. The van der Waals surface area contributed by atoms with E-state index in [2.05, 4.69) is 20.8 Å². The maximum atomic E-state index is 4.99. The minimum atomic E-state index is 0.125. The first kappa shape index (κ1) is 6.35. The maximum Gasteiger partial charge on any atom is -0.0667 e. The fourth-order valence-electron chi connectivity index (χ4n) is 0. The standard InChI is InChI=1S/C5H12S/c1-4-5(2,3)6/h6H,4H2,1-3H3/p-1. The monoisotopic (exact) mass is 103 g/mol. The van der Waals surface area contributed by atoms with Crippen LogP contribution in [0.5, 0.6) is 0 Å². The van der Waals surface area contributed by atoms with Crippen LogP contribution in [0.15, 0.2) is 0 Å². The van der Waals surface area contributed by atoms with Crippen molar-refractivity contribution in [2.45, 2.75) is 31.9 Å². The van der Waals surface area contributed by atoms with E-state index in [1.165, 1.54) is 0 Å². The second-order valence-corrected chi connectivity index (χ2v) is 3.22. The van der Waals surface area contributed by atoms with Gasteiger partial charge in [0.2, 0.25) is 0 Å². The van der Waals surface area contributed by atoms with E-state index in [0.29, 0.717) is 0 Å². The lowest BCUT2D eigenvalue weighted by Crippen LogP contribution is -2.11. The van der Waals surface area contributed by atoms with Crippen LogP contribution in [-0.4, -0.2) is 4.75 Å². The SMILES string of the molecule is CCC(C)(C)[S-]. The fourth-order valence-corrected chi connectivity index (χ4v) is 0. The van der Waals surface area contributed by atoms with Gasteiger partial charge in [0.05, 0.1) is 0 Å². The lowest BCUT2D eigenvalue weighted by atomic mass is 10.1. The maximum absolute atomic E-state index is 4.99. The van der Waals surface area contributed by atoms with Gasteiger partial charge in [0.25, 0.3) is 0 Å². The highest BCUT2D eigenvalue weighted by molar-refractivity contribution is 7.60. The smallest absolute Gasteiger partial charge is 0.0667 e. The van der Waals surface area contributed by atoms with Gasteiger partial charge in [-0.2, -0.15) is 4.75 Å². The summed E-state index contributed by atoms with van der Waals surface area (Å²) in [5.41, 5.74) is 0. The van der Waals surface area contributed by atoms with Crippen LogP contribution in [0.4, 0.5) is 0 Å². The highest BCUT2D eigenvalue weighted by Crippen LogP contribution is 2.05. The second kappa shape index (κ2) is 1.87. The second-order valence-electron chi connectivity index (χ2n) is 2.11. The predicted octanol–water partition coefficient (Wildman–Crippen LogP) is 1.72. The molecule has 0 atom stereocenters. The zero-order valence-corrected chi connectivity index (χ0v) is 5.43. The van der Waals surface area contributed by atoms with Gasteiger partial charge >= 0.3 is 0 Å². The van der Waals surface area contributed by atoms with Crippen molar-refractivity contribution in [1.29, 1.82) is 0 Å². The molecule has 0 radical (unpaired) electrons. The van der Waals surface area contributed by atoms with Gasteiger partial charge in [0, 0.05) is 0 Å². The summed E-state index contributed by atoms with van der Waals surface area (Å²) in [5.74, 6) is 0. The van der Waals surface area contributed by atoms with E-state index >= 15 is 0 Å². The summed E-state index contributed by atoms with van der Waals surface area (Å²) >= 11 is 4.99. The van der Waals surface area contributed by atoms with Crippen LogP contribution in [0.2, 0.25) is 0 Å². The van der Waals surface area contributed by atoms with Crippen LogP contribution < -0.4 is 0 Å². The molecule has 0 amide bonds. The van der Waals surface area contributed by atoms with E-state index < -0.39 is 0 Å². The summed E-state index contributed by atoms with van der Waals surface area (Å²) in [6, 6.07) is 0. The van der Waals surface area contributed by atoms with Crippen LogP contribution in [0.25, 0.3) is 0 Å². The first-order valence-corrected chi connectivity index (χ1v) is 2.67. The Labute approximate surface area is 45.4 Å². The van der Waals surface area contributed by atoms with Gasteiger partial charge in [0.1, 0.15) is 0 Å². The summed E-state index contributed by atoms with van der Waals surface area (Å²) in [5, 5.41) is 0. The average Bonchev–Trinajstić information content (AvgIpc) is 1.35. The molecule has 0 saturated carbocycles. The summed E-state index contributed by atoms with van der Waals surface area (Å²) in [4.78, 5) is 0. The van der Waals surface area contributed by atoms with Gasteiger partial charge in [-0.25, -0.2) is 0 Å². The lowest BCUT2D eigenvalue weighted by Gasteiger charge is -2.29. The molecule has 0 bridgehead atoms. The molecule has 0 aromatic carbocycles. The molecule has 0 N–H and O–H groups in total. The molecule has 1 heteroatoms. The highest BCUT2D eigenvalue weighted by atomic mass is 32.1. The van der Waals surface area contributed by atoms with Crippen LogP contribution in [0, 0.1) is 0 Å².